The molecule has 0 aromatic rings. The van der Waals surface area contributed by atoms with Gasteiger partial charge in [-0.3, -0.25) is 0 Å². The van der Waals surface area contributed by atoms with Crippen LogP contribution in [0.25, 0.3) is 0 Å². The molecule has 12 heavy (non-hydrogen) atoms. The van der Waals surface area contributed by atoms with Gasteiger partial charge in [0.1, 0.15) is 6.29 Å². The number of aldehydes is 1. The molecule has 0 saturated heterocycles. The van der Waals surface area contributed by atoms with Gasteiger partial charge in [0.05, 0.1) is 0 Å². The third-order valence-electron chi connectivity index (χ3n) is 2.75. The molecule has 0 N–H and O–H groups in total. The Morgan fingerprint density at radius 1 is 1.33 bits per heavy atom. The van der Waals surface area contributed by atoms with Crippen molar-refractivity contribution >= 4 is 6.29 Å². The minimum Gasteiger partial charge on any atom is -0.303 e. The number of allylic oxidation sites excluding steroid dienone is 2. The van der Waals surface area contributed by atoms with Crippen LogP contribution >= 0.6 is 0 Å². The van der Waals surface area contributed by atoms with Crippen molar-refractivity contribution in [3.63, 3.8) is 0 Å². The van der Waals surface area contributed by atoms with E-state index in [1.54, 1.807) is 0 Å². The fourth-order valence-corrected chi connectivity index (χ4v) is 1.67. The van der Waals surface area contributed by atoms with E-state index < -0.39 is 0 Å². The van der Waals surface area contributed by atoms with E-state index in [1.807, 2.05) is 0 Å². The number of carbonyl (C=O) groups excluding carboxylic acids is 1. The molecule has 0 amide bonds. The monoisotopic (exact) mass is 166 g/mol. The number of carbonyl (C=O) groups is 1. The first-order chi connectivity index (χ1) is 5.64. The molecule has 0 unspecified atom stereocenters. The van der Waals surface area contributed by atoms with Gasteiger partial charge in [0.25, 0.3) is 0 Å². The number of hydrogen-bond acceptors (Lipinski definition) is 1. The second kappa shape index (κ2) is 3.88. The highest BCUT2D eigenvalue weighted by Gasteiger charge is 2.22. The van der Waals surface area contributed by atoms with Crippen molar-refractivity contribution in [1.82, 2.24) is 0 Å². The molecule has 1 nitrogen and oxygen atoms in total. The van der Waals surface area contributed by atoms with Crippen LogP contribution in [0.4, 0.5) is 0 Å². The number of rotatable bonds is 2. The molecule has 1 fully saturated rings. The predicted molar refractivity (Wildman–Crippen MR) is 51.0 cm³/mol. The zero-order valence-electron chi connectivity index (χ0n) is 8.10. The first-order valence-electron chi connectivity index (χ1n) is 4.76. The molecular weight excluding hydrogens is 148 g/mol. The molecule has 1 heteroatoms. The van der Waals surface area contributed by atoms with E-state index in [-0.39, 0.29) is 0 Å². The highest BCUT2D eigenvalue weighted by Crippen LogP contribution is 2.37. The van der Waals surface area contributed by atoms with Crippen molar-refractivity contribution in [2.45, 2.75) is 46.0 Å². The van der Waals surface area contributed by atoms with E-state index in [0.717, 1.165) is 6.29 Å². The molecule has 0 aliphatic heterocycles. The summed E-state index contributed by atoms with van der Waals surface area (Å²) in [5.41, 5.74) is 2.01. The Kier molecular flexibility index (Phi) is 3.07. The van der Waals surface area contributed by atoms with Gasteiger partial charge in [0.2, 0.25) is 0 Å². The average Bonchev–Trinajstić information content (AvgIpc) is 2.03. The minimum absolute atomic E-state index is 0.526. The molecule has 0 atom stereocenters. The molecule has 1 saturated carbocycles. The normalized spacial score (nSPS) is 22.0. The van der Waals surface area contributed by atoms with Crippen LogP contribution < -0.4 is 0 Å². The highest BCUT2D eigenvalue weighted by atomic mass is 16.1. The maximum absolute atomic E-state index is 10.1. The fourth-order valence-electron chi connectivity index (χ4n) is 1.67. The lowest BCUT2D eigenvalue weighted by atomic mass is 9.75. The van der Waals surface area contributed by atoms with Gasteiger partial charge in [0, 0.05) is 6.42 Å². The molecule has 0 spiro atoms. The van der Waals surface area contributed by atoms with Gasteiger partial charge in [-0.1, -0.05) is 25.5 Å². The maximum atomic E-state index is 10.1. The van der Waals surface area contributed by atoms with Gasteiger partial charge in [-0.2, -0.15) is 0 Å². The van der Waals surface area contributed by atoms with Crippen molar-refractivity contribution < 1.29 is 4.79 Å². The van der Waals surface area contributed by atoms with Crippen LogP contribution in [0, 0.1) is 5.41 Å². The third kappa shape index (κ3) is 2.80. The van der Waals surface area contributed by atoms with E-state index >= 15 is 0 Å². The largest absolute Gasteiger partial charge is 0.303 e. The van der Waals surface area contributed by atoms with Crippen molar-refractivity contribution in [3.8, 4) is 0 Å². The van der Waals surface area contributed by atoms with E-state index in [0.29, 0.717) is 11.8 Å². The lowest BCUT2D eigenvalue weighted by molar-refractivity contribution is -0.107. The minimum atomic E-state index is 0.526. The lowest BCUT2D eigenvalue weighted by Gasteiger charge is -2.30. The van der Waals surface area contributed by atoms with E-state index in [4.69, 9.17) is 0 Å². The van der Waals surface area contributed by atoms with Gasteiger partial charge in [0.15, 0.2) is 0 Å². The molecule has 0 heterocycles. The smallest absolute Gasteiger partial charge is 0.123 e. The Labute approximate surface area is 74.9 Å². The van der Waals surface area contributed by atoms with Crippen LogP contribution in [0.5, 0.6) is 0 Å². The topological polar surface area (TPSA) is 17.1 Å². The summed E-state index contributed by atoms with van der Waals surface area (Å²) in [6, 6.07) is 0. The Balaban J connectivity index is 2.40. The average molecular weight is 166 g/mol. The summed E-state index contributed by atoms with van der Waals surface area (Å²) in [5, 5.41) is 0. The highest BCUT2D eigenvalue weighted by molar-refractivity contribution is 5.52. The molecule has 68 valence electrons. The fraction of sp³-hybridized carbons (Fsp3) is 0.727. The summed E-state index contributed by atoms with van der Waals surface area (Å²) < 4.78 is 0. The van der Waals surface area contributed by atoms with Crippen LogP contribution in [-0.4, -0.2) is 6.29 Å². The van der Waals surface area contributed by atoms with Crippen LogP contribution in [0.2, 0.25) is 0 Å². The Morgan fingerprint density at radius 2 is 1.92 bits per heavy atom. The SMILES string of the molecule is CC1(C)CCC(=CCC=O)CC1. The van der Waals surface area contributed by atoms with Gasteiger partial charge in [-0.25, -0.2) is 0 Å². The molecule has 0 bridgehead atoms. The van der Waals surface area contributed by atoms with Crippen LogP contribution in [-0.2, 0) is 4.79 Å². The summed E-state index contributed by atoms with van der Waals surface area (Å²) in [4.78, 5) is 10.1. The van der Waals surface area contributed by atoms with Gasteiger partial charge in [-0.15, -0.1) is 0 Å². The van der Waals surface area contributed by atoms with Crippen molar-refractivity contribution in [1.29, 1.82) is 0 Å². The van der Waals surface area contributed by atoms with E-state index in [2.05, 4.69) is 19.9 Å². The molecular formula is C11H18O. The first-order valence-corrected chi connectivity index (χ1v) is 4.76. The van der Waals surface area contributed by atoms with Crippen LogP contribution in [0.1, 0.15) is 46.0 Å². The Morgan fingerprint density at radius 3 is 2.42 bits per heavy atom. The van der Waals surface area contributed by atoms with Gasteiger partial charge < -0.3 is 4.79 Å². The zero-order valence-corrected chi connectivity index (χ0v) is 8.10. The first kappa shape index (κ1) is 9.50. The third-order valence-corrected chi connectivity index (χ3v) is 2.75. The summed E-state index contributed by atoms with van der Waals surface area (Å²) in [6.07, 6.45) is 8.63. The van der Waals surface area contributed by atoms with E-state index in [1.165, 1.54) is 31.3 Å². The molecule has 0 aromatic heterocycles. The molecule has 0 aromatic carbocycles. The Bertz CT molecular complexity index is 177. The summed E-state index contributed by atoms with van der Waals surface area (Å²) in [5.74, 6) is 0. The molecule has 1 aliphatic rings. The predicted octanol–water partition coefficient (Wildman–Crippen LogP) is 3.10. The molecule has 1 aliphatic carbocycles. The van der Waals surface area contributed by atoms with Crippen LogP contribution in [0.15, 0.2) is 11.6 Å². The Hall–Kier alpha value is -0.590. The lowest BCUT2D eigenvalue weighted by Crippen LogP contribution is -2.16. The standard InChI is InChI=1S/C11H18O/c1-11(2)7-5-10(6-8-11)4-3-9-12/h4,9H,3,5-8H2,1-2H3. The molecule has 0 radical (unpaired) electrons. The molecule has 1 rings (SSSR count). The summed E-state index contributed by atoms with van der Waals surface area (Å²) in [7, 11) is 0. The summed E-state index contributed by atoms with van der Waals surface area (Å²) >= 11 is 0. The van der Waals surface area contributed by atoms with Crippen LogP contribution in [0.3, 0.4) is 0 Å². The van der Waals surface area contributed by atoms with Gasteiger partial charge in [-0.05, 0) is 31.1 Å². The maximum Gasteiger partial charge on any atom is 0.123 e. The quantitative estimate of drug-likeness (QED) is 0.455. The second-order valence-corrected chi connectivity index (χ2v) is 4.43. The second-order valence-electron chi connectivity index (χ2n) is 4.43. The zero-order chi connectivity index (χ0) is 9.03. The number of hydrogen-bond donors (Lipinski definition) is 0. The van der Waals surface area contributed by atoms with Crippen molar-refractivity contribution in [2.75, 3.05) is 0 Å². The van der Waals surface area contributed by atoms with E-state index in [9.17, 15) is 4.79 Å². The van der Waals surface area contributed by atoms with Crippen molar-refractivity contribution in [2.24, 2.45) is 5.41 Å². The van der Waals surface area contributed by atoms with Gasteiger partial charge >= 0.3 is 0 Å². The van der Waals surface area contributed by atoms with Crippen molar-refractivity contribution in [3.05, 3.63) is 11.6 Å². The summed E-state index contributed by atoms with van der Waals surface area (Å²) in [6.45, 7) is 4.65.